The van der Waals surface area contributed by atoms with Crippen LogP contribution in [0.1, 0.15) is 35.2 Å². The molecule has 1 saturated heterocycles. The molecule has 1 fully saturated rings. The van der Waals surface area contributed by atoms with E-state index >= 15 is 0 Å². The highest BCUT2D eigenvalue weighted by Crippen LogP contribution is 2.13. The van der Waals surface area contributed by atoms with Crippen molar-refractivity contribution in [3.05, 3.63) is 46.1 Å². The Morgan fingerprint density at radius 3 is 3.04 bits per heavy atom. The van der Waals surface area contributed by atoms with Gasteiger partial charge in [-0.2, -0.15) is 0 Å². The van der Waals surface area contributed by atoms with Crippen molar-refractivity contribution >= 4 is 5.91 Å². The van der Waals surface area contributed by atoms with Crippen molar-refractivity contribution in [2.45, 2.75) is 45.4 Å². The third-order valence-electron chi connectivity index (χ3n) is 4.35. The van der Waals surface area contributed by atoms with Gasteiger partial charge in [-0.1, -0.05) is 5.21 Å². The highest BCUT2D eigenvalue weighted by Gasteiger charge is 2.20. The molecule has 2 aromatic rings. The zero-order chi connectivity index (χ0) is 17.6. The van der Waals surface area contributed by atoms with Crippen LogP contribution in [0.2, 0.25) is 0 Å². The van der Waals surface area contributed by atoms with Gasteiger partial charge in [-0.15, -0.1) is 5.10 Å². The Morgan fingerprint density at radius 1 is 1.44 bits per heavy atom. The van der Waals surface area contributed by atoms with E-state index in [9.17, 15) is 9.59 Å². The van der Waals surface area contributed by atoms with E-state index in [-0.39, 0.29) is 23.1 Å². The van der Waals surface area contributed by atoms with Gasteiger partial charge in [-0.05, 0) is 37.8 Å². The van der Waals surface area contributed by atoms with Crippen LogP contribution in [0.25, 0.3) is 0 Å². The van der Waals surface area contributed by atoms with Crippen molar-refractivity contribution in [1.29, 1.82) is 0 Å². The maximum Gasteiger partial charge on any atom is 0.263 e. The Bertz CT molecular complexity index is 763. The smallest absolute Gasteiger partial charge is 0.263 e. The molecule has 1 aliphatic rings. The monoisotopic (exact) mass is 345 g/mol. The summed E-state index contributed by atoms with van der Waals surface area (Å²) in [6.07, 6.45) is 7.86. The second-order valence-electron chi connectivity index (χ2n) is 6.24. The van der Waals surface area contributed by atoms with Crippen LogP contribution in [0.15, 0.2) is 29.5 Å². The van der Waals surface area contributed by atoms with Crippen LogP contribution in [0, 0.1) is 6.92 Å². The van der Waals surface area contributed by atoms with Crippen molar-refractivity contribution in [1.82, 2.24) is 24.9 Å². The largest absolute Gasteiger partial charge is 0.376 e. The number of aromatic nitrogens is 4. The second kappa shape index (κ2) is 8.06. The average molecular weight is 345 g/mol. The molecule has 1 amide bonds. The van der Waals surface area contributed by atoms with Crippen molar-refractivity contribution in [3.8, 4) is 0 Å². The molecule has 1 N–H and O–H groups in total. The fourth-order valence-electron chi connectivity index (χ4n) is 2.98. The normalized spacial score (nSPS) is 16.9. The van der Waals surface area contributed by atoms with Gasteiger partial charge in [0.15, 0.2) is 0 Å². The number of nitrogens with zero attached hydrogens (tertiary/aromatic N) is 4. The molecule has 1 aliphatic heterocycles. The van der Waals surface area contributed by atoms with Crippen LogP contribution < -0.4 is 10.9 Å². The number of hydrogen-bond acceptors (Lipinski definition) is 5. The van der Waals surface area contributed by atoms with E-state index in [1.807, 2.05) is 0 Å². The van der Waals surface area contributed by atoms with Gasteiger partial charge in [-0.25, -0.2) is 0 Å². The summed E-state index contributed by atoms with van der Waals surface area (Å²) in [4.78, 5) is 25.1. The number of pyridine rings is 1. The maximum absolute atomic E-state index is 12.7. The molecule has 0 aliphatic carbocycles. The predicted molar refractivity (Wildman–Crippen MR) is 91.4 cm³/mol. The molecule has 3 heterocycles. The topological polar surface area (TPSA) is 91.0 Å². The molecule has 0 radical (unpaired) electrons. The van der Waals surface area contributed by atoms with Crippen LogP contribution in [0.3, 0.4) is 0 Å². The molecule has 0 aromatic carbocycles. The minimum Gasteiger partial charge on any atom is -0.376 e. The van der Waals surface area contributed by atoms with E-state index in [1.54, 1.807) is 40.8 Å². The zero-order valence-corrected chi connectivity index (χ0v) is 14.4. The van der Waals surface area contributed by atoms with Crippen LogP contribution in [0.5, 0.6) is 0 Å². The van der Waals surface area contributed by atoms with Crippen LogP contribution in [-0.4, -0.2) is 44.7 Å². The number of amides is 1. The molecule has 1 atom stereocenters. The first-order chi connectivity index (χ1) is 12.1. The summed E-state index contributed by atoms with van der Waals surface area (Å²) in [6, 6.07) is 1.81. The highest BCUT2D eigenvalue weighted by atomic mass is 16.5. The predicted octanol–water partition coefficient (Wildman–Crippen LogP) is 0.747. The second-order valence-corrected chi connectivity index (χ2v) is 6.24. The molecule has 0 spiro atoms. The SMILES string of the molecule is Cc1ccn(CC2CCCO2)c(=O)c1C(=O)NCCCn1ccnn1. The van der Waals surface area contributed by atoms with Gasteiger partial charge in [0, 0.05) is 32.1 Å². The third-order valence-corrected chi connectivity index (χ3v) is 4.35. The van der Waals surface area contributed by atoms with Gasteiger partial charge in [0.2, 0.25) is 0 Å². The van der Waals surface area contributed by atoms with Gasteiger partial charge < -0.3 is 14.6 Å². The standard InChI is InChI=1S/C17H23N5O3/c1-13-5-9-21(12-14-4-2-11-25-14)17(24)15(13)16(23)18-6-3-8-22-10-7-19-20-22/h5,7,9-10,14H,2-4,6,8,11-12H2,1H3,(H,18,23). The Kier molecular flexibility index (Phi) is 5.60. The van der Waals surface area contributed by atoms with Gasteiger partial charge in [-0.3, -0.25) is 14.3 Å². The summed E-state index contributed by atoms with van der Waals surface area (Å²) >= 11 is 0. The van der Waals surface area contributed by atoms with E-state index in [1.165, 1.54) is 0 Å². The zero-order valence-electron chi connectivity index (χ0n) is 14.4. The van der Waals surface area contributed by atoms with Crippen molar-refractivity contribution in [2.24, 2.45) is 0 Å². The minimum atomic E-state index is -0.331. The van der Waals surface area contributed by atoms with Crippen LogP contribution >= 0.6 is 0 Å². The number of nitrogens with one attached hydrogen (secondary N) is 1. The van der Waals surface area contributed by atoms with Gasteiger partial charge >= 0.3 is 0 Å². The molecule has 8 nitrogen and oxygen atoms in total. The maximum atomic E-state index is 12.7. The van der Waals surface area contributed by atoms with Crippen molar-refractivity contribution in [2.75, 3.05) is 13.2 Å². The van der Waals surface area contributed by atoms with Gasteiger partial charge in [0.1, 0.15) is 5.56 Å². The lowest BCUT2D eigenvalue weighted by Crippen LogP contribution is -2.36. The fourth-order valence-corrected chi connectivity index (χ4v) is 2.98. The summed E-state index contributed by atoms with van der Waals surface area (Å²) in [5, 5.41) is 10.4. The third kappa shape index (κ3) is 4.33. The molecule has 25 heavy (non-hydrogen) atoms. The summed E-state index contributed by atoms with van der Waals surface area (Å²) in [7, 11) is 0. The Labute approximate surface area is 145 Å². The molecule has 1 unspecified atom stereocenters. The highest BCUT2D eigenvalue weighted by molar-refractivity contribution is 5.95. The van der Waals surface area contributed by atoms with E-state index in [0.717, 1.165) is 19.4 Å². The Hall–Kier alpha value is -2.48. The molecule has 2 aromatic heterocycles. The molecule has 134 valence electrons. The molecule has 0 saturated carbocycles. The first-order valence-corrected chi connectivity index (χ1v) is 8.59. The summed E-state index contributed by atoms with van der Waals surface area (Å²) in [5.74, 6) is -0.331. The fraction of sp³-hybridized carbons (Fsp3) is 0.529. The number of carbonyl (C=O) groups excluding carboxylic acids is 1. The van der Waals surface area contributed by atoms with Gasteiger partial charge in [0.25, 0.3) is 11.5 Å². The first-order valence-electron chi connectivity index (χ1n) is 8.59. The van der Waals surface area contributed by atoms with Crippen LogP contribution in [0.4, 0.5) is 0 Å². The Morgan fingerprint density at radius 2 is 2.32 bits per heavy atom. The minimum absolute atomic E-state index is 0.0546. The average Bonchev–Trinajstić information content (AvgIpc) is 3.28. The lowest BCUT2D eigenvalue weighted by molar-refractivity contribution is 0.0929. The number of rotatable bonds is 7. The van der Waals surface area contributed by atoms with Crippen molar-refractivity contribution in [3.63, 3.8) is 0 Å². The molecule has 8 heteroatoms. The lowest BCUT2D eigenvalue weighted by Gasteiger charge is -2.14. The Balaban J connectivity index is 1.61. The summed E-state index contributed by atoms with van der Waals surface area (Å²) < 4.78 is 8.86. The summed E-state index contributed by atoms with van der Waals surface area (Å²) in [5.41, 5.74) is 0.632. The lowest BCUT2D eigenvalue weighted by atomic mass is 10.1. The van der Waals surface area contributed by atoms with E-state index in [2.05, 4.69) is 15.6 Å². The number of carbonyl (C=O) groups is 1. The van der Waals surface area contributed by atoms with Crippen molar-refractivity contribution < 1.29 is 9.53 Å². The van der Waals surface area contributed by atoms with E-state index < -0.39 is 0 Å². The molecule has 3 rings (SSSR count). The molecule has 0 bridgehead atoms. The van der Waals surface area contributed by atoms with E-state index in [4.69, 9.17) is 4.74 Å². The molecular weight excluding hydrogens is 322 g/mol. The number of ether oxygens (including phenoxy) is 1. The van der Waals surface area contributed by atoms with Gasteiger partial charge in [0.05, 0.1) is 18.8 Å². The van der Waals surface area contributed by atoms with E-state index in [0.29, 0.717) is 31.6 Å². The number of aryl methyl sites for hydroxylation is 2. The first kappa shape index (κ1) is 17.3. The number of hydrogen-bond donors (Lipinski definition) is 1. The van der Waals surface area contributed by atoms with Crippen LogP contribution in [-0.2, 0) is 17.8 Å². The summed E-state index contributed by atoms with van der Waals surface area (Å²) in [6.45, 7) is 4.15. The molecular formula is C17H23N5O3. The quantitative estimate of drug-likeness (QED) is 0.748.